The molecule has 3 heterocycles. The molecule has 61 heavy (non-hydrogen) atoms. The number of aliphatic hydroxyl groups is 8. The molecule has 3 saturated heterocycles. The van der Waals surface area contributed by atoms with Crippen molar-refractivity contribution in [3.8, 4) is 0 Å². The van der Waals surface area contributed by atoms with Crippen molar-refractivity contribution in [2.45, 2.75) is 219 Å². The summed E-state index contributed by atoms with van der Waals surface area (Å²) in [6.45, 7) is 20.3. The highest BCUT2D eigenvalue weighted by atomic mass is 16.8. The first-order chi connectivity index (χ1) is 28.4. The molecular formula is C47H78O14. The van der Waals surface area contributed by atoms with Gasteiger partial charge >= 0.3 is 0 Å². The molecule has 0 aromatic heterocycles. The summed E-state index contributed by atoms with van der Waals surface area (Å²) in [7, 11) is 0. The molecule has 0 amide bonds. The monoisotopic (exact) mass is 867 g/mol. The Morgan fingerprint density at radius 3 is 1.95 bits per heavy atom. The van der Waals surface area contributed by atoms with E-state index in [2.05, 4.69) is 61.5 Å². The van der Waals surface area contributed by atoms with Crippen LogP contribution in [0.1, 0.15) is 127 Å². The highest BCUT2D eigenvalue weighted by Crippen LogP contribution is 2.75. The van der Waals surface area contributed by atoms with E-state index in [-0.39, 0.29) is 40.3 Å². The van der Waals surface area contributed by atoms with E-state index in [1.807, 2.05) is 0 Å². The molecule has 8 N–H and O–H groups in total. The minimum Gasteiger partial charge on any atom is -0.394 e. The lowest BCUT2D eigenvalue weighted by atomic mass is 9.34. The van der Waals surface area contributed by atoms with Gasteiger partial charge in [0.15, 0.2) is 18.9 Å². The Kier molecular flexibility index (Phi) is 12.4. The van der Waals surface area contributed by atoms with Crippen LogP contribution in [0.5, 0.6) is 0 Å². The number of rotatable bonds is 7. The zero-order valence-corrected chi connectivity index (χ0v) is 38.0. The molecule has 3 aliphatic heterocycles. The van der Waals surface area contributed by atoms with Crippen LogP contribution in [0.25, 0.3) is 0 Å². The predicted octanol–water partition coefficient (Wildman–Crippen LogP) is 3.31. The maximum atomic E-state index is 11.6. The first kappa shape index (κ1) is 46.7. The molecule has 14 nitrogen and oxygen atoms in total. The van der Waals surface area contributed by atoms with Crippen molar-refractivity contribution in [3.63, 3.8) is 0 Å². The summed E-state index contributed by atoms with van der Waals surface area (Å²) in [4.78, 5) is 0. The largest absolute Gasteiger partial charge is 0.394 e. The van der Waals surface area contributed by atoms with Gasteiger partial charge in [-0.05, 0) is 121 Å². The van der Waals surface area contributed by atoms with Gasteiger partial charge in [-0.25, -0.2) is 0 Å². The first-order valence-corrected chi connectivity index (χ1v) is 23.4. The van der Waals surface area contributed by atoms with Crippen LogP contribution in [0.4, 0.5) is 0 Å². The van der Waals surface area contributed by atoms with Gasteiger partial charge in [0.25, 0.3) is 0 Å². The van der Waals surface area contributed by atoms with Crippen molar-refractivity contribution in [1.82, 2.24) is 0 Å². The highest BCUT2D eigenvalue weighted by Gasteiger charge is 2.67. The summed E-state index contributed by atoms with van der Waals surface area (Å²) < 4.78 is 37.3. The third kappa shape index (κ3) is 7.54. The van der Waals surface area contributed by atoms with Crippen LogP contribution < -0.4 is 0 Å². The zero-order chi connectivity index (χ0) is 44.4. The Morgan fingerprint density at radius 1 is 0.623 bits per heavy atom. The molecule has 350 valence electrons. The number of allylic oxidation sites excluding steroid dienone is 2. The van der Waals surface area contributed by atoms with Gasteiger partial charge in [-0.3, -0.25) is 0 Å². The molecule has 5 aliphatic carbocycles. The molecule has 22 atom stereocenters. The van der Waals surface area contributed by atoms with E-state index in [1.165, 1.54) is 39.0 Å². The van der Waals surface area contributed by atoms with Crippen LogP contribution in [0.2, 0.25) is 0 Å². The summed E-state index contributed by atoms with van der Waals surface area (Å²) in [5.74, 6) is 1.46. The van der Waals surface area contributed by atoms with E-state index >= 15 is 0 Å². The summed E-state index contributed by atoms with van der Waals surface area (Å²) in [5.41, 5.74) is 2.35. The zero-order valence-electron chi connectivity index (χ0n) is 38.0. The molecule has 14 heteroatoms. The van der Waals surface area contributed by atoms with Crippen LogP contribution in [0.15, 0.2) is 11.6 Å². The smallest absolute Gasteiger partial charge is 0.187 e. The number of aliphatic hydroxyl groups excluding tert-OH is 8. The van der Waals surface area contributed by atoms with E-state index in [9.17, 15) is 40.9 Å². The van der Waals surface area contributed by atoms with Gasteiger partial charge in [0.2, 0.25) is 0 Å². The fraction of sp³-hybridized carbons (Fsp3) is 0.957. The number of hydrogen-bond donors (Lipinski definition) is 8. The Labute approximate surface area is 362 Å². The van der Waals surface area contributed by atoms with Crippen LogP contribution in [0.3, 0.4) is 0 Å². The van der Waals surface area contributed by atoms with Gasteiger partial charge in [-0.15, -0.1) is 0 Å². The van der Waals surface area contributed by atoms with E-state index in [1.54, 1.807) is 5.57 Å². The Bertz CT molecular complexity index is 1620. The van der Waals surface area contributed by atoms with Crippen LogP contribution >= 0.6 is 0 Å². The van der Waals surface area contributed by atoms with Gasteiger partial charge in [0.1, 0.15) is 61.0 Å². The molecule has 0 bridgehead atoms. The number of hydrogen-bond acceptors (Lipinski definition) is 14. The van der Waals surface area contributed by atoms with Crippen molar-refractivity contribution in [3.05, 3.63) is 11.6 Å². The molecule has 8 aliphatic rings. The van der Waals surface area contributed by atoms with Crippen LogP contribution in [-0.2, 0) is 28.4 Å². The predicted molar refractivity (Wildman–Crippen MR) is 221 cm³/mol. The average molecular weight is 867 g/mol. The Balaban J connectivity index is 1.07. The summed E-state index contributed by atoms with van der Waals surface area (Å²) in [6.07, 6.45) is -7.02. The highest BCUT2D eigenvalue weighted by molar-refractivity contribution is 5.34. The first-order valence-electron chi connectivity index (χ1n) is 23.4. The lowest BCUT2D eigenvalue weighted by Gasteiger charge is -2.70. The summed E-state index contributed by atoms with van der Waals surface area (Å²) >= 11 is 0. The third-order valence-electron chi connectivity index (χ3n) is 18.6. The lowest BCUT2D eigenvalue weighted by molar-refractivity contribution is -0.394. The molecule has 8 rings (SSSR count). The van der Waals surface area contributed by atoms with Crippen molar-refractivity contribution in [1.29, 1.82) is 0 Å². The van der Waals surface area contributed by atoms with Crippen molar-refractivity contribution in [2.75, 3.05) is 13.2 Å². The van der Waals surface area contributed by atoms with Crippen LogP contribution in [0, 0.1) is 50.2 Å². The molecule has 0 radical (unpaired) electrons. The molecule has 7 fully saturated rings. The Hall–Kier alpha value is -0.820. The van der Waals surface area contributed by atoms with E-state index in [0.29, 0.717) is 29.1 Å². The fourth-order valence-corrected chi connectivity index (χ4v) is 15.0. The maximum Gasteiger partial charge on any atom is 0.187 e. The quantitative estimate of drug-likeness (QED) is 0.136. The topological polar surface area (TPSA) is 217 Å². The normalized spacial score (nSPS) is 55.6. The van der Waals surface area contributed by atoms with Crippen molar-refractivity contribution >= 4 is 0 Å². The second-order valence-electron chi connectivity index (χ2n) is 23.3. The second-order valence-corrected chi connectivity index (χ2v) is 23.3. The third-order valence-corrected chi connectivity index (χ3v) is 18.6. The van der Waals surface area contributed by atoms with Gasteiger partial charge in [-0.2, -0.15) is 0 Å². The van der Waals surface area contributed by atoms with E-state index in [0.717, 1.165) is 25.7 Å². The van der Waals surface area contributed by atoms with Gasteiger partial charge in [0.05, 0.1) is 25.4 Å². The van der Waals surface area contributed by atoms with E-state index in [4.69, 9.17) is 28.4 Å². The number of fused-ring (bicyclic) bond motifs is 7. The molecular weight excluding hydrogens is 789 g/mol. The minimum absolute atomic E-state index is 0.0247. The molecule has 4 saturated carbocycles. The van der Waals surface area contributed by atoms with Crippen molar-refractivity contribution < 1.29 is 69.3 Å². The molecule has 0 aromatic rings. The van der Waals surface area contributed by atoms with E-state index < -0.39 is 92.6 Å². The molecule has 0 aromatic carbocycles. The number of ether oxygens (including phenoxy) is 6. The summed E-state index contributed by atoms with van der Waals surface area (Å²) in [5, 5.41) is 85.8. The lowest BCUT2D eigenvalue weighted by Crippen LogP contribution is -2.67. The van der Waals surface area contributed by atoms with Crippen LogP contribution in [-0.4, -0.2) is 146 Å². The van der Waals surface area contributed by atoms with Gasteiger partial charge < -0.3 is 69.3 Å². The SMILES string of the molecule is C[C@@H]1O[C@@H](O[C@H]2[C@H](O[C@H]3CC[C@]4(C)[C@H]5CC[C@]6(C)C(=CC[C@@]7(C)CCC(C)(C)C[C@H]76)[C@]5(C)CC[C@H]4C3(C)C)O[C@H](CO)[C@H](O)[C@@H]2O[C@@H]2OC[C@@H](O)[C@H](O)[C@H]2O)[C@H](O)[C@H](O)[C@H]1O. The maximum absolute atomic E-state index is 11.6. The standard InChI is InChI=1S/C47H78O14/c1-23-31(50)34(53)36(55)40(57-23)61-38-37(60-39-35(54)32(51)24(49)22-56-39)33(52)25(21-48)58-41(38)59-30-13-17-45(7)26(43(30,4)5)11-15-46(8)27-10-14-44(6)19-18-42(2,3)20-29(44)47(27,9)16-12-28(45)46/h10,23-26,28-41,48-55H,11-22H2,1-9H3/t23-,24+,25+,26-,28+,29+,30-,31-,32-,33-,34+,35+,36+,37-,38+,39-,40-,41-,44-,45-,46-,47+/m0/s1. The molecule has 0 spiro atoms. The van der Waals surface area contributed by atoms with Crippen molar-refractivity contribution in [2.24, 2.45) is 50.2 Å². The second kappa shape index (κ2) is 16.2. The molecule has 0 unspecified atom stereocenters. The average Bonchev–Trinajstić information content (AvgIpc) is 3.19. The van der Waals surface area contributed by atoms with Gasteiger partial charge in [-0.1, -0.05) is 67.0 Å². The van der Waals surface area contributed by atoms with Gasteiger partial charge in [0, 0.05) is 0 Å². The Morgan fingerprint density at radius 2 is 1.26 bits per heavy atom. The fourth-order valence-electron chi connectivity index (χ4n) is 15.0. The summed E-state index contributed by atoms with van der Waals surface area (Å²) in [6, 6.07) is 0. The minimum atomic E-state index is -1.72.